The molecule has 8 nitrogen and oxygen atoms in total. The van der Waals surface area contributed by atoms with E-state index in [1.165, 1.54) is 5.69 Å². The molecule has 0 spiro atoms. The number of primary amides is 1. The summed E-state index contributed by atoms with van der Waals surface area (Å²) in [5.74, 6) is -0.0519. The number of nitrogens with zero attached hydrogens (tertiary/aromatic N) is 5. The van der Waals surface area contributed by atoms with Crippen LogP contribution >= 0.6 is 11.6 Å². The Balaban J connectivity index is 1.36. The molecule has 4 N–H and O–H groups in total. The number of benzene rings is 1. The van der Waals surface area contributed by atoms with Crippen molar-refractivity contribution in [3.05, 3.63) is 88.6 Å². The van der Waals surface area contributed by atoms with Crippen molar-refractivity contribution in [3.63, 3.8) is 0 Å². The highest BCUT2D eigenvalue weighted by Gasteiger charge is 2.21. The molecule has 1 aliphatic heterocycles. The molecule has 0 aliphatic carbocycles. The van der Waals surface area contributed by atoms with Gasteiger partial charge in [0.15, 0.2) is 0 Å². The van der Waals surface area contributed by atoms with E-state index in [4.69, 9.17) is 28.1 Å². The van der Waals surface area contributed by atoms with Gasteiger partial charge in [-0.2, -0.15) is 0 Å². The highest BCUT2D eigenvalue weighted by molar-refractivity contribution is 6.31. The van der Waals surface area contributed by atoms with Gasteiger partial charge in [0, 0.05) is 68.8 Å². The van der Waals surface area contributed by atoms with Crippen LogP contribution in [0.2, 0.25) is 5.02 Å². The van der Waals surface area contributed by atoms with Crippen LogP contribution in [0, 0.1) is 0 Å². The Morgan fingerprint density at radius 1 is 0.971 bits per heavy atom. The zero-order chi connectivity index (χ0) is 24.4. The lowest BCUT2D eigenvalue weighted by molar-refractivity contribution is 0.0999. The molecule has 0 unspecified atom stereocenters. The minimum Gasteiger partial charge on any atom is -0.383 e. The molecular formula is C26H26ClN7O. The predicted octanol–water partition coefficient (Wildman–Crippen LogP) is 3.27. The first-order valence-corrected chi connectivity index (χ1v) is 11.8. The van der Waals surface area contributed by atoms with Crippen LogP contribution in [0.4, 0.5) is 11.5 Å². The molecule has 1 aliphatic rings. The Hall–Kier alpha value is -3.75. The molecule has 1 aromatic carbocycles. The molecule has 0 saturated carbocycles. The minimum atomic E-state index is -0.541. The van der Waals surface area contributed by atoms with Gasteiger partial charge in [0.2, 0.25) is 0 Å². The second-order valence-electron chi connectivity index (χ2n) is 8.67. The molecule has 0 radical (unpaired) electrons. The predicted molar refractivity (Wildman–Crippen MR) is 138 cm³/mol. The quantitative estimate of drug-likeness (QED) is 0.429. The summed E-state index contributed by atoms with van der Waals surface area (Å²) in [6.45, 7) is 4.18. The van der Waals surface area contributed by atoms with Crippen LogP contribution < -0.4 is 16.4 Å². The van der Waals surface area contributed by atoms with Crippen molar-refractivity contribution in [2.24, 2.45) is 5.73 Å². The Kier molecular flexibility index (Phi) is 6.48. The summed E-state index contributed by atoms with van der Waals surface area (Å²) in [4.78, 5) is 29.9. The topological polar surface area (TPSA) is 114 Å². The number of rotatable bonds is 6. The van der Waals surface area contributed by atoms with Gasteiger partial charge in [-0.25, -0.2) is 4.98 Å². The van der Waals surface area contributed by atoms with E-state index in [1.54, 1.807) is 12.3 Å². The van der Waals surface area contributed by atoms with Gasteiger partial charge >= 0.3 is 0 Å². The van der Waals surface area contributed by atoms with E-state index in [0.717, 1.165) is 48.2 Å². The van der Waals surface area contributed by atoms with E-state index < -0.39 is 5.91 Å². The van der Waals surface area contributed by atoms with Crippen LogP contribution in [0.15, 0.2) is 61.1 Å². The number of hydrogen-bond donors (Lipinski definition) is 2. The van der Waals surface area contributed by atoms with Crippen LogP contribution in [0.5, 0.6) is 0 Å². The Labute approximate surface area is 208 Å². The summed E-state index contributed by atoms with van der Waals surface area (Å²) >= 11 is 6.55. The number of aromatic nitrogens is 3. The average molecular weight is 488 g/mol. The third-order valence-electron chi connectivity index (χ3n) is 6.40. The molecule has 5 rings (SSSR count). The summed E-state index contributed by atoms with van der Waals surface area (Å²) in [6.07, 6.45) is 5.77. The first-order valence-electron chi connectivity index (χ1n) is 11.5. The Bertz CT molecular complexity index is 1370. The average Bonchev–Trinajstić information content (AvgIpc) is 2.87. The van der Waals surface area contributed by atoms with Crippen LogP contribution in [-0.4, -0.2) is 51.9 Å². The number of piperazine rings is 1. The van der Waals surface area contributed by atoms with E-state index in [9.17, 15) is 4.79 Å². The lowest BCUT2D eigenvalue weighted by Crippen LogP contribution is -2.46. The summed E-state index contributed by atoms with van der Waals surface area (Å²) in [7, 11) is 0. The summed E-state index contributed by atoms with van der Waals surface area (Å²) in [6, 6.07) is 13.6. The smallest absolute Gasteiger partial charge is 0.250 e. The van der Waals surface area contributed by atoms with Gasteiger partial charge in [-0.3, -0.25) is 19.7 Å². The van der Waals surface area contributed by atoms with E-state index in [0.29, 0.717) is 35.1 Å². The second kappa shape index (κ2) is 9.85. The molecular weight excluding hydrogens is 462 g/mol. The number of hydrogen-bond acceptors (Lipinski definition) is 7. The highest BCUT2D eigenvalue weighted by Crippen LogP contribution is 2.25. The third kappa shape index (κ3) is 5.03. The van der Waals surface area contributed by atoms with E-state index in [1.807, 2.05) is 48.8 Å². The largest absolute Gasteiger partial charge is 0.383 e. The normalized spacial score (nSPS) is 14.4. The third-order valence-corrected chi connectivity index (χ3v) is 6.73. The molecule has 1 amide bonds. The molecule has 1 fully saturated rings. The van der Waals surface area contributed by atoms with E-state index >= 15 is 0 Å². The molecule has 178 valence electrons. The SMILES string of the molecule is NC(=O)c1cc(Cl)c(CN2CCN(c3ccncc3)CC2)nc1Cc1ccc2c(N)nccc2c1. The zero-order valence-electron chi connectivity index (χ0n) is 19.2. The summed E-state index contributed by atoms with van der Waals surface area (Å²) in [5, 5.41) is 2.33. The number of anilines is 2. The number of amides is 1. The number of nitrogens with two attached hydrogens (primary N) is 2. The van der Waals surface area contributed by atoms with Crippen LogP contribution in [0.1, 0.15) is 27.3 Å². The maximum absolute atomic E-state index is 12.2. The van der Waals surface area contributed by atoms with Crippen molar-refractivity contribution in [1.82, 2.24) is 19.9 Å². The van der Waals surface area contributed by atoms with Crippen molar-refractivity contribution in [2.75, 3.05) is 36.8 Å². The number of carbonyl (C=O) groups excluding carboxylic acids is 1. The van der Waals surface area contributed by atoms with Gasteiger partial charge in [0.05, 0.1) is 22.0 Å². The number of halogens is 1. The molecule has 4 aromatic rings. The lowest BCUT2D eigenvalue weighted by atomic mass is 10.0. The standard InChI is InChI=1S/C26H26ClN7O/c27-22-15-21(26(29)35)23(14-17-1-2-20-18(13-17)3-8-31-25(20)28)32-24(22)16-33-9-11-34(12-10-33)19-4-6-30-7-5-19/h1-8,13,15H,9-12,14,16H2,(H2,28,31)(H2,29,35). The molecule has 3 aromatic heterocycles. The number of nitrogen functional groups attached to an aromatic ring is 1. The first-order chi connectivity index (χ1) is 17.0. The second-order valence-corrected chi connectivity index (χ2v) is 9.08. The molecule has 9 heteroatoms. The van der Waals surface area contributed by atoms with E-state index in [-0.39, 0.29) is 0 Å². The van der Waals surface area contributed by atoms with Gasteiger partial charge in [-0.05, 0) is 35.2 Å². The molecule has 0 bridgehead atoms. The fraction of sp³-hybridized carbons (Fsp3) is 0.231. The van der Waals surface area contributed by atoms with Crippen LogP contribution in [0.3, 0.4) is 0 Å². The van der Waals surface area contributed by atoms with Gasteiger partial charge in [0.1, 0.15) is 5.82 Å². The molecule has 0 atom stereocenters. The first kappa shape index (κ1) is 23.0. The van der Waals surface area contributed by atoms with Crippen molar-refractivity contribution >= 4 is 39.8 Å². The molecule has 1 saturated heterocycles. The fourth-order valence-electron chi connectivity index (χ4n) is 4.51. The summed E-state index contributed by atoms with van der Waals surface area (Å²) in [5.41, 5.74) is 15.5. The zero-order valence-corrected chi connectivity index (χ0v) is 19.9. The van der Waals surface area contributed by atoms with Crippen molar-refractivity contribution < 1.29 is 4.79 Å². The monoisotopic (exact) mass is 487 g/mol. The maximum Gasteiger partial charge on any atom is 0.250 e. The Morgan fingerprint density at radius 2 is 1.74 bits per heavy atom. The highest BCUT2D eigenvalue weighted by atomic mass is 35.5. The molecule has 35 heavy (non-hydrogen) atoms. The van der Waals surface area contributed by atoms with Crippen LogP contribution in [0.25, 0.3) is 10.8 Å². The number of pyridine rings is 3. The number of carbonyl (C=O) groups is 1. The minimum absolute atomic E-state index is 0.343. The van der Waals surface area contributed by atoms with Crippen molar-refractivity contribution in [2.45, 2.75) is 13.0 Å². The van der Waals surface area contributed by atoms with Crippen molar-refractivity contribution in [1.29, 1.82) is 0 Å². The van der Waals surface area contributed by atoms with Crippen molar-refractivity contribution in [3.8, 4) is 0 Å². The Morgan fingerprint density at radius 3 is 2.49 bits per heavy atom. The summed E-state index contributed by atoms with van der Waals surface area (Å²) < 4.78 is 0. The van der Waals surface area contributed by atoms with E-state index in [2.05, 4.69) is 19.8 Å². The van der Waals surface area contributed by atoms with Gasteiger partial charge in [0.25, 0.3) is 5.91 Å². The van der Waals surface area contributed by atoms with Gasteiger partial charge in [-0.15, -0.1) is 0 Å². The molecule has 4 heterocycles. The fourth-order valence-corrected chi connectivity index (χ4v) is 4.72. The lowest BCUT2D eigenvalue weighted by Gasteiger charge is -2.36. The van der Waals surface area contributed by atoms with Gasteiger partial charge < -0.3 is 16.4 Å². The van der Waals surface area contributed by atoms with Gasteiger partial charge in [-0.1, -0.05) is 29.8 Å². The maximum atomic E-state index is 12.2. The van der Waals surface area contributed by atoms with Crippen LogP contribution in [-0.2, 0) is 13.0 Å². The number of fused-ring (bicyclic) bond motifs is 1.